The molecule has 1 fully saturated rings. The van der Waals surface area contributed by atoms with Crippen molar-refractivity contribution in [1.82, 2.24) is 15.1 Å². The highest BCUT2D eigenvalue weighted by molar-refractivity contribution is 5.94. The van der Waals surface area contributed by atoms with Gasteiger partial charge in [-0.25, -0.2) is 0 Å². The largest absolute Gasteiger partial charge is 0.465 e. The maximum Gasteiger partial charge on any atom is 0.311 e. The van der Waals surface area contributed by atoms with Crippen LogP contribution in [0.5, 0.6) is 0 Å². The third kappa shape index (κ3) is 5.32. The molecule has 2 aliphatic rings. The van der Waals surface area contributed by atoms with E-state index in [2.05, 4.69) is 10.4 Å². The number of aromatic nitrogens is 2. The minimum absolute atomic E-state index is 0.0647. The van der Waals surface area contributed by atoms with Gasteiger partial charge in [-0.15, -0.1) is 0 Å². The number of aryl methyl sites for hydroxylation is 2. The molecule has 0 spiro atoms. The third-order valence-corrected chi connectivity index (χ3v) is 5.18. The Hall–Kier alpha value is -1.93. The van der Waals surface area contributed by atoms with Gasteiger partial charge in [-0.1, -0.05) is 0 Å². The maximum absolute atomic E-state index is 12.7. The van der Waals surface area contributed by atoms with Crippen LogP contribution in [0.1, 0.15) is 54.4 Å². The van der Waals surface area contributed by atoms with E-state index in [1.807, 2.05) is 6.92 Å². The van der Waals surface area contributed by atoms with Crippen LogP contribution in [0.25, 0.3) is 0 Å². The number of hydrogen-bond acceptors (Lipinski definition) is 6. The Bertz CT molecular complexity index is 667. The molecule has 1 aromatic heterocycles. The zero-order valence-electron chi connectivity index (χ0n) is 16.7. The second-order valence-electron chi connectivity index (χ2n) is 7.25. The lowest BCUT2D eigenvalue weighted by molar-refractivity contribution is -0.148. The molecule has 2 aliphatic heterocycles. The number of carbonyl (C=O) groups is 2. The molecule has 1 aromatic rings. The van der Waals surface area contributed by atoms with Gasteiger partial charge >= 0.3 is 5.97 Å². The van der Waals surface area contributed by atoms with Crippen LogP contribution in [-0.4, -0.2) is 61.2 Å². The van der Waals surface area contributed by atoms with E-state index in [4.69, 9.17) is 14.2 Å². The van der Waals surface area contributed by atoms with Crippen molar-refractivity contribution in [3.63, 3.8) is 0 Å². The molecule has 0 radical (unpaired) electrons. The molecule has 8 heteroatoms. The Morgan fingerprint density at radius 2 is 2.14 bits per heavy atom. The van der Waals surface area contributed by atoms with Gasteiger partial charge in [0.05, 0.1) is 24.8 Å². The number of hydrogen-bond donors (Lipinski definition) is 1. The zero-order valence-corrected chi connectivity index (χ0v) is 16.7. The molecule has 0 bridgehead atoms. The molecule has 1 unspecified atom stereocenters. The van der Waals surface area contributed by atoms with Crippen LogP contribution in [0.2, 0.25) is 0 Å². The number of esters is 1. The Labute approximate surface area is 165 Å². The predicted octanol–water partition coefficient (Wildman–Crippen LogP) is 1.50. The SMILES string of the molecule is CCn1nc(CCCOC(=O)C2CCOC2)c2c1C(=O)NCCCOCCC2. The number of nitrogens with one attached hydrogen (secondary N) is 1. The summed E-state index contributed by atoms with van der Waals surface area (Å²) in [5.74, 6) is -0.364. The molecule has 0 saturated carbocycles. The van der Waals surface area contributed by atoms with E-state index in [9.17, 15) is 9.59 Å². The third-order valence-electron chi connectivity index (χ3n) is 5.18. The normalized spacial score (nSPS) is 20.9. The average molecular weight is 393 g/mol. The number of amides is 1. The van der Waals surface area contributed by atoms with Crippen LogP contribution in [0.4, 0.5) is 0 Å². The number of carbonyl (C=O) groups excluding carboxylic acids is 2. The van der Waals surface area contributed by atoms with E-state index in [-0.39, 0.29) is 17.8 Å². The fraction of sp³-hybridized carbons (Fsp3) is 0.750. The molecule has 1 amide bonds. The van der Waals surface area contributed by atoms with Crippen LogP contribution in [0.15, 0.2) is 0 Å². The summed E-state index contributed by atoms with van der Waals surface area (Å²) in [7, 11) is 0. The summed E-state index contributed by atoms with van der Waals surface area (Å²) < 4.78 is 18.0. The minimum Gasteiger partial charge on any atom is -0.465 e. The molecule has 3 heterocycles. The molecular weight excluding hydrogens is 362 g/mol. The van der Waals surface area contributed by atoms with Gasteiger partial charge in [0, 0.05) is 38.5 Å². The quantitative estimate of drug-likeness (QED) is 0.582. The van der Waals surface area contributed by atoms with Crippen molar-refractivity contribution in [3.05, 3.63) is 17.0 Å². The first-order valence-electron chi connectivity index (χ1n) is 10.4. The van der Waals surface area contributed by atoms with Gasteiger partial charge in [0.25, 0.3) is 5.91 Å². The number of rotatable bonds is 6. The summed E-state index contributed by atoms with van der Waals surface area (Å²) in [5, 5.41) is 7.65. The highest BCUT2D eigenvalue weighted by Crippen LogP contribution is 2.20. The predicted molar refractivity (Wildman–Crippen MR) is 102 cm³/mol. The first kappa shape index (κ1) is 20.8. The second-order valence-corrected chi connectivity index (χ2v) is 7.25. The van der Waals surface area contributed by atoms with E-state index >= 15 is 0 Å². The molecule has 3 rings (SSSR count). The van der Waals surface area contributed by atoms with Gasteiger partial charge in [-0.3, -0.25) is 14.3 Å². The van der Waals surface area contributed by atoms with Crippen molar-refractivity contribution in [3.8, 4) is 0 Å². The van der Waals surface area contributed by atoms with Gasteiger partial charge < -0.3 is 19.5 Å². The van der Waals surface area contributed by atoms with E-state index in [0.717, 1.165) is 36.9 Å². The first-order chi connectivity index (χ1) is 13.7. The lowest BCUT2D eigenvalue weighted by atomic mass is 10.0. The summed E-state index contributed by atoms with van der Waals surface area (Å²) in [5.41, 5.74) is 2.59. The van der Waals surface area contributed by atoms with Crippen LogP contribution < -0.4 is 5.32 Å². The van der Waals surface area contributed by atoms with Crippen molar-refractivity contribution in [1.29, 1.82) is 0 Å². The standard InChI is InChI=1S/C20H31N3O5/c1-2-23-18-16(6-3-10-26-11-5-9-21-19(18)24)17(22-23)7-4-12-28-20(25)15-8-13-27-14-15/h15H,2-14H2,1H3,(H,21,24). The van der Waals surface area contributed by atoms with Crippen molar-refractivity contribution in [2.24, 2.45) is 5.92 Å². The van der Waals surface area contributed by atoms with Crippen molar-refractivity contribution in [2.45, 2.75) is 52.0 Å². The van der Waals surface area contributed by atoms with Crippen LogP contribution in [0.3, 0.4) is 0 Å². The summed E-state index contributed by atoms with van der Waals surface area (Å²) >= 11 is 0. The van der Waals surface area contributed by atoms with E-state index in [1.54, 1.807) is 4.68 Å². The fourth-order valence-corrected chi connectivity index (χ4v) is 3.66. The lowest BCUT2D eigenvalue weighted by Crippen LogP contribution is -2.28. The molecule has 8 nitrogen and oxygen atoms in total. The van der Waals surface area contributed by atoms with Crippen molar-refractivity contribution >= 4 is 11.9 Å². The van der Waals surface area contributed by atoms with E-state index in [1.165, 1.54) is 0 Å². The molecule has 0 aromatic carbocycles. The Morgan fingerprint density at radius 3 is 2.93 bits per heavy atom. The van der Waals surface area contributed by atoms with E-state index < -0.39 is 0 Å². The minimum atomic E-state index is -0.174. The Morgan fingerprint density at radius 1 is 1.29 bits per heavy atom. The number of fused-ring (bicyclic) bond motifs is 1. The second kappa shape index (κ2) is 10.6. The lowest BCUT2D eigenvalue weighted by Gasteiger charge is -2.09. The molecule has 28 heavy (non-hydrogen) atoms. The molecule has 1 saturated heterocycles. The topological polar surface area (TPSA) is 91.7 Å². The monoisotopic (exact) mass is 393 g/mol. The molecule has 1 N–H and O–H groups in total. The summed E-state index contributed by atoms with van der Waals surface area (Å²) in [6.45, 7) is 6.04. The van der Waals surface area contributed by atoms with Crippen molar-refractivity contribution < 1.29 is 23.8 Å². The molecular formula is C20H31N3O5. The van der Waals surface area contributed by atoms with Gasteiger partial charge in [0.2, 0.25) is 0 Å². The van der Waals surface area contributed by atoms with Crippen LogP contribution in [-0.2, 0) is 38.4 Å². The average Bonchev–Trinajstić information content (AvgIpc) is 3.34. The summed E-state index contributed by atoms with van der Waals surface area (Å²) in [4.78, 5) is 24.7. The van der Waals surface area contributed by atoms with Crippen molar-refractivity contribution in [2.75, 3.05) is 39.6 Å². The number of nitrogens with zero attached hydrogens (tertiary/aromatic N) is 2. The Kier molecular flexibility index (Phi) is 7.85. The summed E-state index contributed by atoms with van der Waals surface area (Å²) in [6.07, 6.45) is 4.54. The fourth-order valence-electron chi connectivity index (χ4n) is 3.66. The smallest absolute Gasteiger partial charge is 0.311 e. The van der Waals surface area contributed by atoms with E-state index in [0.29, 0.717) is 64.7 Å². The maximum atomic E-state index is 12.7. The summed E-state index contributed by atoms with van der Waals surface area (Å²) in [6, 6.07) is 0. The van der Waals surface area contributed by atoms with Gasteiger partial charge in [0.15, 0.2) is 0 Å². The highest BCUT2D eigenvalue weighted by Gasteiger charge is 2.25. The molecule has 1 atom stereocenters. The Balaban J connectivity index is 1.63. The van der Waals surface area contributed by atoms with Gasteiger partial charge in [-0.2, -0.15) is 5.10 Å². The van der Waals surface area contributed by atoms with Crippen LogP contribution >= 0.6 is 0 Å². The van der Waals surface area contributed by atoms with Crippen LogP contribution in [0, 0.1) is 5.92 Å². The molecule has 0 aliphatic carbocycles. The molecule has 156 valence electrons. The zero-order chi connectivity index (χ0) is 19.8. The van der Waals surface area contributed by atoms with Gasteiger partial charge in [-0.05, 0) is 45.4 Å². The van der Waals surface area contributed by atoms with Gasteiger partial charge in [0.1, 0.15) is 5.69 Å². The highest BCUT2D eigenvalue weighted by atomic mass is 16.5. The number of ether oxygens (including phenoxy) is 3. The first-order valence-corrected chi connectivity index (χ1v) is 10.4.